The van der Waals surface area contributed by atoms with Gasteiger partial charge < -0.3 is 33.3 Å². The second-order valence-corrected chi connectivity index (χ2v) is 24.8. The van der Waals surface area contributed by atoms with Gasteiger partial charge >= 0.3 is 11.9 Å². The molecule has 0 rings (SSSR count). The number of esters is 2. The van der Waals surface area contributed by atoms with Crippen LogP contribution in [0.3, 0.4) is 0 Å². The molecular weight excluding hydrogens is 995 g/mol. The van der Waals surface area contributed by atoms with Gasteiger partial charge in [0.05, 0.1) is 40.3 Å². The summed E-state index contributed by atoms with van der Waals surface area (Å²) in [5.74, 6) is -2.27. The molecule has 470 valence electrons. The van der Waals surface area contributed by atoms with Gasteiger partial charge in [-0.3, -0.25) is 9.59 Å². The van der Waals surface area contributed by atoms with Crippen molar-refractivity contribution < 1.29 is 42.9 Å². The van der Waals surface area contributed by atoms with Gasteiger partial charge in [-0.25, -0.2) is 0 Å². The standard InChI is InChI=1S/C71H133NO8/c1-6-8-10-12-14-16-18-20-22-24-25-26-27-28-29-30-31-32-33-34-35-36-37-38-39-40-41-42-43-44-45-46-48-50-52-54-56-58-60-62-69(74)80-67(66-79-71(70(75)76)77-64-63-72(3,4)5)65-78-68(73)61-59-57-55-53-51-49-47-23-21-19-17-15-13-11-9-7-2/h18,20,23-25,47,67,71H,6-17,19,21-22,26-46,48-66H2,1-5H3/b20-18-,25-24-,47-23-. The highest BCUT2D eigenvalue weighted by Gasteiger charge is 2.22. The number of hydrogen-bond donors (Lipinski definition) is 0. The third kappa shape index (κ3) is 63.1. The molecule has 0 saturated carbocycles. The van der Waals surface area contributed by atoms with Crippen LogP contribution >= 0.6 is 0 Å². The van der Waals surface area contributed by atoms with E-state index < -0.39 is 24.3 Å². The normalized spacial score (nSPS) is 12.9. The van der Waals surface area contributed by atoms with Crippen LogP contribution in [-0.2, 0) is 33.3 Å². The van der Waals surface area contributed by atoms with Crippen LogP contribution in [0.4, 0.5) is 0 Å². The molecule has 0 radical (unpaired) electrons. The molecule has 9 nitrogen and oxygen atoms in total. The number of aliphatic carboxylic acids is 1. The minimum Gasteiger partial charge on any atom is -0.545 e. The molecule has 0 heterocycles. The lowest BCUT2D eigenvalue weighted by molar-refractivity contribution is -0.870. The first kappa shape index (κ1) is 77.5. The number of carbonyl (C=O) groups is 3. The first-order chi connectivity index (χ1) is 39.1. The van der Waals surface area contributed by atoms with Crippen LogP contribution in [0.1, 0.15) is 341 Å². The summed E-state index contributed by atoms with van der Waals surface area (Å²) in [6.45, 7) is 4.77. The van der Waals surface area contributed by atoms with Gasteiger partial charge in [-0.05, 0) is 70.6 Å². The Hall–Kier alpha value is -2.49. The highest BCUT2D eigenvalue weighted by atomic mass is 16.7. The first-order valence-corrected chi connectivity index (χ1v) is 34.6. The molecule has 0 amide bonds. The van der Waals surface area contributed by atoms with Gasteiger partial charge in [-0.15, -0.1) is 0 Å². The van der Waals surface area contributed by atoms with Crippen molar-refractivity contribution in [3.8, 4) is 0 Å². The number of likely N-dealkylation sites (N-methyl/N-ethyl adjacent to an activating group) is 1. The van der Waals surface area contributed by atoms with Crippen molar-refractivity contribution in [2.45, 2.75) is 354 Å². The Bertz CT molecular complexity index is 1410. The van der Waals surface area contributed by atoms with Crippen LogP contribution in [0.15, 0.2) is 36.5 Å². The minimum absolute atomic E-state index is 0.149. The number of allylic oxidation sites excluding steroid dienone is 6. The number of carboxylic acids is 1. The maximum Gasteiger partial charge on any atom is 0.306 e. The number of unbranched alkanes of at least 4 members (excludes halogenated alkanes) is 44. The summed E-state index contributed by atoms with van der Waals surface area (Å²) in [7, 11) is 5.93. The summed E-state index contributed by atoms with van der Waals surface area (Å²) in [5, 5.41) is 11.8. The Labute approximate surface area is 496 Å². The Balaban J connectivity index is 3.94. The highest BCUT2D eigenvalue weighted by Crippen LogP contribution is 2.18. The van der Waals surface area contributed by atoms with Gasteiger partial charge in [0.2, 0.25) is 0 Å². The van der Waals surface area contributed by atoms with Gasteiger partial charge in [-0.1, -0.05) is 294 Å². The molecule has 0 aromatic carbocycles. The number of rotatable bonds is 65. The molecule has 0 fully saturated rings. The lowest BCUT2D eigenvalue weighted by atomic mass is 10.0. The largest absolute Gasteiger partial charge is 0.545 e. The molecule has 0 aliphatic carbocycles. The average Bonchev–Trinajstić information content (AvgIpc) is 3.43. The SMILES string of the molecule is CCCCCCC/C=C\C/C=C\CCCCCCCCCCCCCCCCCCCCCCCCCCCCCC(=O)OC(COC(=O)CCCCCCC/C=C\CCCCCCCCC)COC(OCC[N+](C)(C)C)C(=O)[O-]. The summed E-state index contributed by atoms with van der Waals surface area (Å²) < 4.78 is 22.8. The van der Waals surface area contributed by atoms with E-state index in [0.29, 0.717) is 11.0 Å². The Kier molecular flexibility index (Phi) is 60.6. The summed E-state index contributed by atoms with van der Waals surface area (Å²) >= 11 is 0. The molecule has 0 bridgehead atoms. The summed E-state index contributed by atoms with van der Waals surface area (Å²) in [5.41, 5.74) is 0. The molecule has 9 heteroatoms. The van der Waals surface area contributed by atoms with Crippen LogP contribution in [-0.4, -0.2) is 82.3 Å². The number of quaternary nitrogens is 1. The quantitative estimate of drug-likeness (QED) is 0.0195. The third-order valence-electron chi connectivity index (χ3n) is 15.6. The first-order valence-electron chi connectivity index (χ1n) is 34.6. The van der Waals surface area contributed by atoms with E-state index in [1.807, 2.05) is 21.1 Å². The molecule has 2 atom stereocenters. The summed E-state index contributed by atoms with van der Waals surface area (Å²) in [6.07, 6.45) is 75.3. The predicted molar refractivity (Wildman–Crippen MR) is 339 cm³/mol. The number of nitrogens with zero attached hydrogens (tertiary/aromatic N) is 1. The van der Waals surface area contributed by atoms with Crippen LogP contribution < -0.4 is 5.11 Å². The van der Waals surface area contributed by atoms with Crippen molar-refractivity contribution in [1.82, 2.24) is 0 Å². The fraction of sp³-hybridized carbons (Fsp3) is 0.873. The lowest BCUT2D eigenvalue weighted by Gasteiger charge is -2.26. The zero-order valence-corrected chi connectivity index (χ0v) is 53.7. The smallest absolute Gasteiger partial charge is 0.306 e. The van der Waals surface area contributed by atoms with E-state index in [0.717, 1.165) is 64.2 Å². The van der Waals surface area contributed by atoms with Crippen molar-refractivity contribution in [3.05, 3.63) is 36.5 Å². The molecular formula is C71H133NO8. The second kappa shape index (κ2) is 62.6. The van der Waals surface area contributed by atoms with Crippen LogP contribution in [0, 0.1) is 0 Å². The van der Waals surface area contributed by atoms with E-state index in [4.69, 9.17) is 18.9 Å². The predicted octanol–water partition coefficient (Wildman–Crippen LogP) is 19.9. The zero-order valence-electron chi connectivity index (χ0n) is 53.7. The second-order valence-electron chi connectivity index (χ2n) is 24.8. The maximum atomic E-state index is 12.9. The zero-order chi connectivity index (χ0) is 58.3. The van der Waals surface area contributed by atoms with Crippen molar-refractivity contribution in [3.63, 3.8) is 0 Å². The Morgan fingerprint density at radius 2 is 0.675 bits per heavy atom. The van der Waals surface area contributed by atoms with E-state index >= 15 is 0 Å². The van der Waals surface area contributed by atoms with Gasteiger partial charge in [-0.2, -0.15) is 0 Å². The van der Waals surface area contributed by atoms with Gasteiger partial charge in [0, 0.05) is 12.8 Å². The lowest BCUT2D eigenvalue weighted by Crippen LogP contribution is -2.44. The number of carbonyl (C=O) groups excluding carboxylic acids is 3. The van der Waals surface area contributed by atoms with Gasteiger partial charge in [0.15, 0.2) is 12.4 Å². The highest BCUT2D eigenvalue weighted by molar-refractivity contribution is 5.70. The molecule has 0 saturated heterocycles. The van der Waals surface area contributed by atoms with Crippen LogP contribution in [0.25, 0.3) is 0 Å². The fourth-order valence-electron chi connectivity index (χ4n) is 10.3. The van der Waals surface area contributed by atoms with Crippen LogP contribution in [0.5, 0.6) is 0 Å². The molecule has 0 aromatic rings. The van der Waals surface area contributed by atoms with Crippen molar-refractivity contribution in [2.75, 3.05) is 47.5 Å². The van der Waals surface area contributed by atoms with Crippen molar-refractivity contribution in [2.24, 2.45) is 0 Å². The van der Waals surface area contributed by atoms with E-state index in [9.17, 15) is 19.5 Å². The number of hydrogen-bond acceptors (Lipinski definition) is 8. The number of carboxylic acid groups (broad SMARTS) is 1. The molecule has 0 spiro atoms. The van der Waals surface area contributed by atoms with Gasteiger partial charge in [0.1, 0.15) is 13.2 Å². The molecule has 0 N–H and O–H groups in total. The maximum absolute atomic E-state index is 12.9. The monoisotopic (exact) mass is 1130 g/mol. The molecule has 2 unspecified atom stereocenters. The molecule has 0 aromatic heterocycles. The van der Waals surface area contributed by atoms with Crippen LogP contribution in [0.2, 0.25) is 0 Å². The third-order valence-corrected chi connectivity index (χ3v) is 15.6. The Morgan fingerprint density at radius 1 is 0.375 bits per heavy atom. The van der Waals surface area contributed by atoms with Crippen molar-refractivity contribution >= 4 is 17.9 Å². The molecule has 80 heavy (non-hydrogen) atoms. The van der Waals surface area contributed by atoms with E-state index in [1.165, 1.54) is 250 Å². The Morgan fingerprint density at radius 3 is 1.00 bits per heavy atom. The van der Waals surface area contributed by atoms with E-state index in [2.05, 4.69) is 50.3 Å². The summed E-state index contributed by atoms with van der Waals surface area (Å²) in [6, 6.07) is 0. The van der Waals surface area contributed by atoms with E-state index in [1.54, 1.807) is 0 Å². The molecule has 0 aliphatic heterocycles. The topological polar surface area (TPSA) is 111 Å². The average molecular weight is 1130 g/mol. The van der Waals surface area contributed by atoms with E-state index in [-0.39, 0.29) is 38.6 Å². The van der Waals surface area contributed by atoms with Gasteiger partial charge in [0.25, 0.3) is 0 Å². The molecule has 0 aliphatic rings. The van der Waals surface area contributed by atoms with Crippen molar-refractivity contribution in [1.29, 1.82) is 0 Å². The number of ether oxygens (including phenoxy) is 4. The fourth-order valence-corrected chi connectivity index (χ4v) is 10.3. The summed E-state index contributed by atoms with van der Waals surface area (Å²) in [4.78, 5) is 37.4. The minimum atomic E-state index is -1.62.